The zero-order valence-electron chi connectivity index (χ0n) is 14.4. The minimum Gasteiger partial charge on any atom is -0.492 e. The molecule has 0 saturated heterocycles. The van der Waals surface area contributed by atoms with Crippen molar-refractivity contribution in [2.75, 3.05) is 25.6 Å². The third-order valence-electron chi connectivity index (χ3n) is 3.64. The first-order valence-electron chi connectivity index (χ1n) is 8.06. The van der Waals surface area contributed by atoms with Crippen molar-refractivity contribution in [3.8, 4) is 5.75 Å². The Morgan fingerprint density at radius 2 is 1.84 bits per heavy atom. The third kappa shape index (κ3) is 6.48. The van der Waals surface area contributed by atoms with Crippen LogP contribution in [0.3, 0.4) is 0 Å². The Bertz CT molecular complexity index is 703. The van der Waals surface area contributed by atoms with Crippen molar-refractivity contribution in [2.24, 2.45) is 0 Å². The van der Waals surface area contributed by atoms with Gasteiger partial charge in [-0.05, 0) is 42.3 Å². The second-order valence-electron chi connectivity index (χ2n) is 5.86. The summed E-state index contributed by atoms with van der Waals surface area (Å²) in [6.45, 7) is 0.947. The lowest BCUT2D eigenvalue weighted by Crippen LogP contribution is -2.23. The van der Waals surface area contributed by atoms with E-state index in [9.17, 15) is 4.79 Å². The number of nitrogens with one attached hydrogen (secondary N) is 1. The fourth-order valence-electron chi connectivity index (χ4n) is 2.21. The SMILES string of the molecule is CN(C)c1ccc(CNC(=O)CCCOc2ccc(Cl)cc2Cl)cc1. The van der Waals surface area contributed by atoms with Crippen LogP contribution in [-0.2, 0) is 11.3 Å². The number of hydrogen-bond donors (Lipinski definition) is 1. The molecule has 1 N–H and O–H groups in total. The van der Waals surface area contributed by atoms with E-state index < -0.39 is 0 Å². The molecular weight excluding hydrogens is 359 g/mol. The van der Waals surface area contributed by atoms with Gasteiger partial charge in [-0.15, -0.1) is 0 Å². The maximum atomic E-state index is 11.9. The Balaban J connectivity index is 1.67. The van der Waals surface area contributed by atoms with Gasteiger partial charge in [0.25, 0.3) is 0 Å². The van der Waals surface area contributed by atoms with E-state index in [1.165, 1.54) is 0 Å². The highest BCUT2D eigenvalue weighted by atomic mass is 35.5. The summed E-state index contributed by atoms with van der Waals surface area (Å²) in [5.41, 5.74) is 2.20. The number of benzene rings is 2. The highest BCUT2D eigenvalue weighted by molar-refractivity contribution is 6.35. The molecule has 0 bridgehead atoms. The van der Waals surface area contributed by atoms with E-state index in [2.05, 4.69) is 5.32 Å². The fourth-order valence-corrected chi connectivity index (χ4v) is 2.67. The van der Waals surface area contributed by atoms with E-state index >= 15 is 0 Å². The number of amides is 1. The summed E-state index contributed by atoms with van der Waals surface area (Å²) >= 11 is 11.9. The number of ether oxygens (including phenoxy) is 1. The molecule has 0 heterocycles. The maximum absolute atomic E-state index is 11.9. The summed E-state index contributed by atoms with van der Waals surface area (Å²) in [4.78, 5) is 13.9. The topological polar surface area (TPSA) is 41.6 Å². The van der Waals surface area contributed by atoms with Crippen LogP contribution in [0.5, 0.6) is 5.75 Å². The smallest absolute Gasteiger partial charge is 0.220 e. The molecule has 0 radical (unpaired) electrons. The van der Waals surface area contributed by atoms with Crippen LogP contribution in [0, 0.1) is 0 Å². The van der Waals surface area contributed by atoms with Crippen molar-refractivity contribution < 1.29 is 9.53 Å². The maximum Gasteiger partial charge on any atom is 0.220 e. The number of rotatable bonds is 8. The number of anilines is 1. The van der Waals surface area contributed by atoms with Gasteiger partial charge in [-0.3, -0.25) is 4.79 Å². The minimum absolute atomic E-state index is 0.00230. The average Bonchev–Trinajstić information content (AvgIpc) is 2.58. The molecule has 0 aliphatic carbocycles. The van der Waals surface area contributed by atoms with Crippen LogP contribution >= 0.6 is 23.2 Å². The lowest BCUT2D eigenvalue weighted by Gasteiger charge is -2.13. The summed E-state index contributed by atoms with van der Waals surface area (Å²) in [6, 6.07) is 13.2. The third-order valence-corrected chi connectivity index (χ3v) is 4.17. The van der Waals surface area contributed by atoms with Crippen molar-refractivity contribution in [3.63, 3.8) is 0 Å². The van der Waals surface area contributed by atoms with Gasteiger partial charge in [-0.2, -0.15) is 0 Å². The first kappa shape index (κ1) is 19.4. The first-order valence-corrected chi connectivity index (χ1v) is 8.82. The summed E-state index contributed by atoms with van der Waals surface area (Å²) in [5, 5.41) is 3.95. The lowest BCUT2D eigenvalue weighted by atomic mass is 10.2. The molecule has 2 rings (SSSR count). The molecule has 0 aliphatic heterocycles. The molecule has 25 heavy (non-hydrogen) atoms. The first-order chi connectivity index (χ1) is 12.0. The summed E-state index contributed by atoms with van der Waals surface area (Å²) in [7, 11) is 3.99. The van der Waals surface area contributed by atoms with Crippen LogP contribution in [0.15, 0.2) is 42.5 Å². The Kier molecular flexibility index (Phi) is 7.41. The molecule has 4 nitrogen and oxygen atoms in total. The van der Waals surface area contributed by atoms with E-state index in [0.29, 0.717) is 41.8 Å². The molecular formula is C19H22Cl2N2O2. The molecule has 6 heteroatoms. The second kappa shape index (κ2) is 9.54. The zero-order chi connectivity index (χ0) is 18.2. The van der Waals surface area contributed by atoms with Crippen molar-refractivity contribution in [1.82, 2.24) is 5.32 Å². The number of halogens is 2. The van der Waals surface area contributed by atoms with Crippen molar-refractivity contribution in [2.45, 2.75) is 19.4 Å². The summed E-state index contributed by atoms with van der Waals surface area (Å²) in [5.74, 6) is 0.579. The Morgan fingerprint density at radius 3 is 2.48 bits per heavy atom. The number of nitrogens with zero attached hydrogens (tertiary/aromatic N) is 1. The molecule has 0 saturated carbocycles. The van der Waals surface area contributed by atoms with Gasteiger partial charge in [0.05, 0.1) is 11.6 Å². The Labute approximate surface area is 158 Å². The highest BCUT2D eigenvalue weighted by Gasteiger charge is 2.05. The molecule has 2 aromatic rings. The van der Waals surface area contributed by atoms with Crippen LogP contribution in [0.25, 0.3) is 0 Å². The standard InChI is InChI=1S/C19H22Cl2N2O2/c1-23(2)16-8-5-14(6-9-16)13-22-19(24)4-3-11-25-18-10-7-15(20)12-17(18)21/h5-10,12H,3-4,11,13H2,1-2H3,(H,22,24). The van der Waals surface area contributed by atoms with Crippen molar-refractivity contribution >= 4 is 34.8 Å². The normalized spacial score (nSPS) is 10.4. The Morgan fingerprint density at radius 1 is 1.12 bits per heavy atom. The number of carbonyl (C=O) groups excluding carboxylic acids is 1. The summed E-state index contributed by atoms with van der Waals surface area (Å²) in [6.07, 6.45) is 1.02. The highest BCUT2D eigenvalue weighted by Crippen LogP contribution is 2.27. The van der Waals surface area contributed by atoms with Gasteiger partial charge in [0, 0.05) is 37.8 Å². The molecule has 0 fully saturated rings. The van der Waals surface area contributed by atoms with Crippen molar-refractivity contribution in [1.29, 1.82) is 0 Å². The number of hydrogen-bond acceptors (Lipinski definition) is 3. The van der Waals surface area contributed by atoms with Gasteiger partial charge in [0.1, 0.15) is 5.75 Å². The largest absolute Gasteiger partial charge is 0.492 e. The van der Waals surface area contributed by atoms with E-state index in [4.69, 9.17) is 27.9 Å². The lowest BCUT2D eigenvalue weighted by molar-refractivity contribution is -0.121. The van der Waals surface area contributed by atoms with Crippen LogP contribution in [0.4, 0.5) is 5.69 Å². The van der Waals surface area contributed by atoms with Crippen LogP contribution in [0.2, 0.25) is 10.0 Å². The monoisotopic (exact) mass is 380 g/mol. The molecule has 0 unspecified atom stereocenters. The predicted octanol–water partition coefficient (Wildman–Crippen LogP) is 4.53. The van der Waals surface area contributed by atoms with Gasteiger partial charge in [-0.25, -0.2) is 0 Å². The molecule has 134 valence electrons. The van der Waals surface area contributed by atoms with Gasteiger partial charge < -0.3 is 15.0 Å². The molecule has 1 amide bonds. The van der Waals surface area contributed by atoms with Gasteiger partial charge >= 0.3 is 0 Å². The van der Waals surface area contributed by atoms with Crippen LogP contribution in [0.1, 0.15) is 18.4 Å². The molecule has 2 aromatic carbocycles. The predicted molar refractivity (Wildman–Crippen MR) is 104 cm³/mol. The van der Waals surface area contributed by atoms with E-state index in [0.717, 1.165) is 11.3 Å². The second-order valence-corrected chi connectivity index (χ2v) is 6.71. The van der Waals surface area contributed by atoms with E-state index in [1.807, 2.05) is 43.3 Å². The van der Waals surface area contributed by atoms with Gasteiger partial charge in [0.15, 0.2) is 0 Å². The summed E-state index contributed by atoms with van der Waals surface area (Å²) < 4.78 is 5.57. The minimum atomic E-state index is 0.00230. The molecule has 0 aliphatic rings. The average molecular weight is 381 g/mol. The zero-order valence-corrected chi connectivity index (χ0v) is 15.9. The van der Waals surface area contributed by atoms with Gasteiger partial charge in [0.2, 0.25) is 5.91 Å². The van der Waals surface area contributed by atoms with Crippen LogP contribution in [-0.4, -0.2) is 26.6 Å². The van der Waals surface area contributed by atoms with E-state index in [-0.39, 0.29) is 5.91 Å². The molecule has 0 spiro atoms. The van der Waals surface area contributed by atoms with E-state index in [1.54, 1.807) is 18.2 Å². The Hall–Kier alpha value is -1.91. The quantitative estimate of drug-likeness (QED) is 0.683. The number of carbonyl (C=O) groups is 1. The fraction of sp³-hybridized carbons (Fsp3) is 0.316. The van der Waals surface area contributed by atoms with Crippen LogP contribution < -0.4 is 15.0 Å². The van der Waals surface area contributed by atoms with Gasteiger partial charge in [-0.1, -0.05) is 35.3 Å². The molecule has 0 atom stereocenters. The van der Waals surface area contributed by atoms with Crippen molar-refractivity contribution in [3.05, 3.63) is 58.1 Å². The molecule has 0 aromatic heterocycles.